The summed E-state index contributed by atoms with van der Waals surface area (Å²) >= 11 is 0. The normalized spacial score (nSPS) is 11.4. The van der Waals surface area contributed by atoms with Gasteiger partial charge < -0.3 is 19.6 Å². The van der Waals surface area contributed by atoms with Crippen molar-refractivity contribution in [3.8, 4) is 17.1 Å². The highest BCUT2D eigenvalue weighted by Gasteiger charge is 2.30. The fourth-order valence-electron chi connectivity index (χ4n) is 3.35. The zero-order valence-corrected chi connectivity index (χ0v) is 17.6. The maximum Gasteiger partial charge on any atom is 0.416 e. The lowest BCUT2D eigenvalue weighted by molar-refractivity contribution is -0.139. The Kier molecular flexibility index (Phi) is 6.27. The van der Waals surface area contributed by atoms with Crippen LogP contribution in [0.15, 0.2) is 77.2 Å². The molecule has 0 spiro atoms. The first-order chi connectivity index (χ1) is 16.2. The van der Waals surface area contributed by atoms with Crippen molar-refractivity contribution < 1.29 is 37.0 Å². The summed E-state index contributed by atoms with van der Waals surface area (Å²) in [6.07, 6.45) is -4.48. The van der Waals surface area contributed by atoms with E-state index in [1.807, 2.05) is 12.1 Å². The molecule has 0 aliphatic carbocycles. The number of aliphatic carboxylic acids is 1. The lowest BCUT2D eigenvalue weighted by Gasteiger charge is -2.08. The lowest BCUT2D eigenvalue weighted by Crippen LogP contribution is -2.22. The van der Waals surface area contributed by atoms with Crippen LogP contribution in [0.5, 0.6) is 5.75 Å². The van der Waals surface area contributed by atoms with Gasteiger partial charge in [-0.2, -0.15) is 13.2 Å². The number of hydrogen-bond acceptors (Lipinski definition) is 4. The van der Waals surface area contributed by atoms with Crippen molar-refractivity contribution >= 4 is 22.6 Å². The molecule has 0 unspecified atom stereocenters. The minimum absolute atomic E-state index is 0.0200. The Bertz CT molecular complexity index is 1360. The maximum absolute atomic E-state index is 12.9. The van der Waals surface area contributed by atoms with Crippen molar-refractivity contribution in [2.45, 2.75) is 12.7 Å². The van der Waals surface area contributed by atoms with E-state index >= 15 is 0 Å². The number of carboxylic acids is 1. The van der Waals surface area contributed by atoms with E-state index in [-0.39, 0.29) is 23.6 Å². The van der Waals surface area contributed by atoms with Gasteiger partial charge in [-0.05, 0) is 58.8 Å². The Morgan fingerprint density at radius 2 is 1.71 bits per heavy atom. The number of hydrogen-bond donors (Lipinski definition) is 2. The molecule has 3 aromatic carbocycles. The van der Waals surface area contributed by atoms with E-state index < -0.39 is 30.2 Å². The zero-order chi connectivity index (χ0) is 24.3. The number of carboxylic acid groups (broad SMARTS) is 1. The first kappa shape index (κ1) is 22.9. The van der Waals surface area contributed by atoms with Crippen LogP contribution in [-0.2, 0) is 17.5 Å². The molecule has 1 amide bonds. The van der Waals surface area contributed by atoms with Gasteiger partial charge in [0.1, 0.15) is 11.5 Å². The summed E-state index contributed by atoms with van der Waals surface area (Å²) in [5.74, 6) is -0.998. The second-order valence-corrected chi connectivity index (χ2v) is 7.45. The van der Waals surface area contributed by atoms with Crippen LogP contribution in [-0.4, -0.2) is 23.6 Å². The number of nitrogens with one attached hydrogen (secondary N) is 1. The van der Waals surface area contributed by atoms with Crippen molar-refractivity contribution in [1.29, 1.82) is 0 Å². The third kappa shape index (κ3) is 5.37. The van der Waals surface area contributed by atoms with E-state index in [9.17, 15) is 22.8 Å². The second-order valence-electron chi connectivity index (χ2n) is 7.45. The first-order valence-corrected chi connectivity index (χ1v) is 10.1. The highest BCUT2D eigenvalue weighted by Crippen LogP contribution is 2.32. The molecule has 0 atom stereocenters. The smallest absolute Gasteiger partial charge is 0.416 e. The van der Waals surface area contributed by atoms with Gasteiger partial charge in [0.05, 0.1) is 5.56 Å². The van der Waals surface area contributed by atoms with Crippen molar-refractivity contribution in [2.75, 3.05) is 6.61 Å². The minimum atomic E-state index is -4.48. The van der Waals surface area contributed by atoms with E-state index in [4.69, 9.17) is 14.3 Å². The molecule has 1 aromatic heterocycles. The quantitative estimate of drug-likeness (QED) is 0.373. The summed E-state index contributed by atoms with van der Waals surface area (Å²) in [6, 6.07) is 18.2. The fraction of sp³-hybridized carbons (Fsp3) is 0.120. The van der Waals surface area contributed by atoms with E-state index in [1.54, 1.807) is 24.3 Å². The number of benzene rings is 3. The summed E-state index contributed by atoms with van der Waals surface area (Å²) < 4.78 is 49.5. The molecule has 0 aliphatic heterocycles. The predicted molar refractivity (Wildman–Crippen MR) is 117 cm³/mol. The summed E-state index contributed by atoms with van der Waals surface area (Å²) in [4.78, 5) is 23.1. The molecule has 4 aromatic rings. The number of carbonyl (C=O) groups is 2. The number of amides is 1. The topological polar surface area (TPSA) is 88.8 Å². The van der Waals surface area contributed by atoms with Gasteiger partial charge in [-0.15, -0.1) is 0 Å². The molecular weight excluding hydrogens is 451 g/mol. The molecule has 0 fully saturated rings. The Morgan fingerprint density at radius 3 is 2.47 bits per heavy atom. The van der Waals surface area contributed by atoms with Gasteiger partial charge in [0, 0.05) is 12.1 Å². The Balaban J connectivity index is 1.41. The van der Waals surface area contributed by atoms with Crippen LogP contribution in [0.3, 0.4) is 0 Å². The van der Waals surface area contributed by atoms with E-state index in [2.05, 4.69) is 5.32 Å². The van der Waals surface area contributed by atoms with Gasteiger partial charge in [0.25, 0.3) is 5.91 Å². The molecule has 34 heavy (non-hydrogen) atoms. The van der Waals surface area contributed by atoms with Crippen molar-refractivity contribution in [3.05, 3.63) is 89.7 Å². The molecule has 0 saturated carbocycles. The Morgan fingerprint density at radius 1 is 0.941 bits per heavy atom. The lowest BCUT2D eigenvalue weighted by atomic mass is 10.1. The van der Waals surface area contributed by atoms with Crippen LogP contribution in [0.1, 0.15) is 21.7 Å². The highest BCUT2D eigenvalue weighted by atomic mass is 19.4. The standard InChI is InChI=1S/C25H18F3NO5/c26-25(27,28)19-3-1-2-18(11-19)21-8-9-22(34-21)24(32)29-13-15-4-5-17-12-20(33-14-23(30)31)7-6-16(17)10-15/h1-12H,13-14H2,(H,29,32)(H,30,31). The molecule has 1 heterocycles. The molecular formula is C25H18F3NO5. The highest BCUT2D eigenvalue weighted by molar-refractivity contribution is 5.92. The monoisotopic (exact) mass is 469 g/mol. The number of ether oxygens (including phenoxy) is 1. The largest absolute Gasteiger partial charge is 0.482 e. The van der Waals surface area contributed by atoms with Crippen molar-refractivity contribution in [1.82, 2.24) is 5.32 Å². The maximum atomic E-state index is 12.9. The number of halogens is 3. The molecule has 174 valence electrons. The van der Waals surface area contributed by atoms with Crippen molar-refractivity contribution in [2.24, 2.45) is 0 Å². The average molecular weight is 469 g/mol. The van der Waals surface area contributed by atoms with Crippen LogP contribution in [0.2, 0.25) is 0 Å². The number of fused-ring (bicyclic) bond motifs is 1. The number of carbonyl (C=O) groups excluding carboxylic acids is 1. The van der Waals surface area contributed by atoms with Crippen molar-refractivity contribution in [3.63, 3.8) is 0 Å². The average Bonchev–Trinajstić information content (AvgIpc) is 3.31. The van der Waals surface area contributed by atoms with Gasteiger partial charge in [-0.25, -0.2) is 4.79 Å². The van der Waals surface area contributed by atoms with Crippen LogP contribution in [0.25, 0.3) is 22.1 Å². The van der Waals surface area contributed by atoms with Crippen LogP contribution < -0.4 is 10.1 Å². The third-order valence-electron chi connectivity index (χ3n) is 5.00. The molecule has 0 bridgehead atoms. The molecule has 9 heteroatoms. The van der Waals surface area contributed by atoms with E-state index in [0.29, 0.717) is 5.75 Å². The fourth-order valence-corrected chi connectivity index (χ4v) is 3.35. The summed E-state index contributed by atoms with van der Waals surface area (Å²) in [7, 11) is 0. The number of rotatable bonds is 7. The Labute approximate surface area is 191 Å². The number of furan rings is 1. The third-order valence-corrected chi connectivity index (χ3v) is 5.00. The van der Waals surface area contributed by atoms with Gasteiger partial charge in [0.15, 0.2) is 12.4 Å². The summed E-state index contributed by atoms with van der Waals surface area (Å²) in [5.41, 5.74) is 0.226. The van der Waals surface area contributed by atoms with E-state index in [0.717, 1.165) is 28.5 Å². The van der Waals surface area contributed by atoms with E-state index in [1.165, 1.54) is 24.3 Å². The van der Waals surface area contributed by atoms with Crippen LogP contribution >= 0.6 is 0 Å². The molecule has 4 rings (SSSR count). The molecule has 6 nitrogen and oxygen atoms in total. The minimum Gasteiger partial charge on any atom is -0.482 e. The van der Waals surface area contributed by atoms with Crippen LogP contribution in [0.4, 0.5) is 13.2 Å². The van der Waals surface area contributed by atoms with Gasteiger partial charge >= 0.3 is 12.1 Å². The van der Waals surface area contributed by atoms with Gasteiger partial charge in [-0.1, -0.05) is 30.3 Å². The van der Waals surface area contributed by atoms with Crippen LogP contribution in [0, 0.1) is 0 Å². The van der Waals surface area contributed by atoms with Gasteiger partial charge in [0.2, 0.25) is 0 Å². The summed E-state index contributed by atoms with van der Waals surface area (Å²) in [5, 5.41) is 13.1. The second kappa shape index (κ2) is 9.30. The molecule has 0 saturated heterocycles. The molecule has 2 N–H and O–H groups in total. The molecule has 0 aliphatic rings. The number of alkyl halides is 3. The predicted octanol–water partition coefficient (Wildman–Crippen LogP) is 5.51. The Hall–Kier alpha value is -4.27. The molecule has 0 radical (unpaired) electrons. The van der Waals surface area contributed by atoms with Gasteiger partial charge in [-0.3, -0.25) is 4.79 Å². The first-order valence-electron chi connectivity index (χ1n) is 10.1. The zero-order valence-electron chi connectivity index (χ0n) is 17.6. The summed E-state index contributed by atoms with van der Waals surface area (Å²) in [6.45, 7) is -0.233. The SMILES string of the molecule is O=C(O)COc1ccc2cc(CNC(=O)c3ccc(-c4cccc(C(F)(F)F)c4)o3)ccc2c1.